The fourth-order valence-corrected chi connectivity index (χ4v) is 3.44. The molecule has 21 heavy (non-hydrogen) atoms. The summed E-state index contributed by atoms with van der Waals surface area (Å²) in [7, 11) is 0. The Bertz CT molecular complexity index is 652. The lowest BCUT2D eigenvalue weighted by molar-refractivity contribution is 0.590. The molecule has 1 aliphatic heterocycles. The number of pyridine rings is 1. The quantitative estimate of drug-likeness (QED) is 0.928. The second-order valence-corrected chi connectivity index (χ2v) is 6.25. The number of rotatable bonds is 3. The monoisotopic (exact) mass is 323 g/mol. The lowest BCUT2D eigenvalue weighted by Gasteiger charge is -2.31. The third kappa shape index (κ3) is 3.10. The van der Waals surface area contributed by atoms with Crippen LogP contribution in [0.1, 0.15) is 19.0 Å². The van der Waals surface area contributed by atoms with Crippen molar-refractivity contribution in [3.63, 3.8) is 0 Å². The number of hydrogen-bond acceptors (Lipinski definition) is 3. The van der Waals surface area contributed by atoms with Crippen molar-refractivity contribution in [3.05, 3.63) is 33.9 Å². The highest BCUT2D eigenvalue weighted by atomic mass is 35.5. The molecule has 3 rings (SSSR count). The molecular weight excluding hydrogens is 305 g/mol. The molecule has 0 spiro atoms. The van der Waals surface area contributed by atoms with E-state index in [9.17, 15) is 0 Å². The predicted octanol–water partition coefficient (Wildman–Crippen LogP) is 3.90. The molecule has 2 aromatic rings. The summed E-state index contributed by atoms with van der Waals surface area (Å²) >= 11 is 12.6. The van der Waals surface area contributed by atoms with Crippen molar-refractivity contribution in [3.8, 4) is 0 Å². The van der Waals surface area contributed by atoms with Crippen LogP contribution in [0.5, 0.6) is 0 Å². The van der Waals surface area contributed by atoms with E-state index in [1.807, 2.05) is 6.07 Å². The number of nitrogens with one attached hydrogen (secondary N) is 1. The average Bonchev–Trinajstić information content (AvgIpc) is 2.47. The Hall–Kier alpha value is -1.03. The Morgan fingerprint density at radius 3 is 2.67 bits per heavy atom. The normalized spacial score (nSPS) is 15.7. The van der Waals surface area contributed by atoms with Crippen molar-refractivity contribution in [1.82, 2.24) is 10.3 Å². The second-order valence-electron chi connectivity index (χ2n) is 5.40. The first-order valence-electron chi connectivity index (χ1n) is 7.43. The number of aromatic nitrogens is 1. The van der Waals surface area contributed by atoms with Crippen LogP contribution in [0.3, 0.4) is 0 Å². The van der Waals surface area contributed by atoms with Gasteiger partial charge in [0.15, 0.2) is 0 Å². The van der Waals surface area contributed by atoms with Gasteiger partial charge in [-0.25, -0.2) is 0 Å². The zero-order valence-electron chi connectivity index (χ0n) is 12.1. The van der Waals surface area contributed by atoms with Gasteiger partial charge < -0.3 is 10.2 Å². The molecular formula is C16H19Cl2N3. The van der Waals surface area contributed by atoms with Crippen molar-refractivity contribution >= 4 is 39.8 Å². The summed E-state index contributed by atoms with van der Waals surface area (Å²) in [5.41, 5.74) is 3.19. The third-order valence-corrected chi connectivity index (χ3v) is 4.34. The lowest BCUT2D eigenvalue weighted by atomic mass is 10.1. The van der Waals surface area contributed by atoms with E-state index in [0.717, 1.165) is 55.6 Å². The molecule has 0 bridgehead atoms. The fraction of sp³-hybridized carbons (Fsp3) is 0.438. The molecule has 5 heteroatoms. The molecule has 1 aromatic heterocycles. The summed E-state index contributed by atoms with van der Waals surface area (Å²) in [6.45, 7) is 6.14. The molecule has 1 aromatic carbocycles. The van der Waals surface area contributed by atoms with Crippen LogP contribution in [0.25, 0.3) is 10.9 Å². The lowest BCUT2D eigenvalue weighted by Crippen LogP contribution is -2.43. The molecule has 2 heterocycles. The molecule has 1 aliphatic rings. The fourth-order valence-electron chi connectivity index (χ4n) is 2.86. The molecule has 0 atom stereocenters. The number of aryl methyl sites for hydroxylation is 1. The zero-order chi connectivity index (χ0) is 14.8. The van der Waals surface area contributed by atoms with Crippen LogP contribution in [0.15, 0.2) is 18.2 Å². The minimum Gasteiger partial charge on any atom is -0.368 e. The third-order valence-electron chi connectivity index (χ3n) is 3.82. The van der Waals surface area contributed by atoms with Crippen molar-refractivity contribution in [1.29, 1.82) is 0 Å². The van der Waals surface area contributed by atoms with Crippen molar-refractivity contribution < 1.29 is 0 Å². The average molecular weight is 324 g/mol. The van der Waals surface area contributed by atoms with Crippen LogP contribution in [0, 0.1) is 0 Å². The Balaban J connectivity index is 2.18. The molecule has 112 valence electrons. The van der Waals surface area contributed by atoms with E-state index >= 15 is 0 Å². The molecule has 3 nitrogen and oxygen atoms in total. The van der Waals surface area contributed by atoms with Gasteiger partial charge in [0.05, 0.1) is 10.5 Å². The van der Waals surface area contributed by atoms with Gasteiger partial charge in [-0.05, 0) is 24.6 Å². The number of fused-ring (bicyclic) bond motifs is 1. The Morgan fingerprint density at radius 2 is 1.95 bits per heavy atom. The molecule has 1 N–H and O–H groups in total. The van der Waals surface area contributed by atoms with Gasteiger partial charge in [-0.1, -0.05) is 36.5 Å². The number of piperazine rings is 1. The van der Waals surface area contributed by atoms with E-state index in [1.54, 1.807) is 6.07 Å². The van der Waals surface area contributed by atoms with Crippen molar-refractivity contribution in [2.24, 2.45) is 0 Å². The van der Waals surface area contributed by atoms with Crippen LogP contribution >= 0.6 is 23.2 Å². The van der Waals surface area contributed by atoms with Gasteiger partial charge in [-0.2, -0.15) is 0 Å². The predicted molar refractivity (Wildman–Crippen MR) is 90.8 cm³/mol. The first-order chi connectivity index (χ1) is 10.2. The minimum atomic E-state index is 0.639. The van der Waals surface area contributed by atoms with Crippen molar-refractivity contribution in [2.45, 2.75) is 19.8 Å². The van der Waals surface area contributed by atoms with Crippen LogP contribution in [0.2, 0.25) is 10.0 Å². The summed E-state index contributed by atoms with van der Waals surface area (Å²) < 4.78 is 0. The van der Waals surface area contributed by atoms with E-state index < -0.39 is 0 Å². The maximum absolute atomic E-state index is 6.45. The second kappa shape index (κ2) is 6.39. The van der Waals surface area contributed by atoms with Crippen LogP contribution in [-0.4, -0.2) is 31.2 Å². The van der Waals surface area contributed by atoms with Gasteiger partial charge in [0, 0.05) is 48.0 Å². The highest BCUT2D eigenvalue weighted by molar-refractivity contribution is 6.39. The number of anilines is 1. The highest BCUT2D eigenvalue weighted by Gasteiger charge is 2.17. The van der Waals surface area contributed by atoms with Gasteiger partial charge in [0.2, 0.25) is 0 Å². The van der Waals surface area contributed by atoms with Crippen molar-refractivity contribution in [2.75, 3.05) is 31.1 Å². The number of hydrogen-bond donors (Lipinski definition) is 1. The van der Waals surface area contributed by atoms with E-state index in [1.165, 1.54) is 5.69 Å². The topological polar surface area (TPSA) is 28.2 Å². The molecule has 0 amide bonds. The molecule has 0 radical (unpaired) electrons. The maximum Gasteiger partial charge on any atom is 0.0756 e. The Morgan fingerprint density at radius 1 is 1.19 bits per heavy atom. The first kappa shape index (κ1) is 14.9. The number of halogens is 2. The van der Waals surface area contributed by atoms with Gasteiger partial charge in [0.1, 0.15) is 0 Å². The van der Waals surface area contributed by atoms with Gasteiger partial charge in [0.25, 0.3) is 0 Å². The Kier molecular flexibility index (Phi) is 4.53. The summed E-state index contributed by atoms with van der Waals surface area (Å²) in [4.78, 5) is 7.12. The van der Waals surface area contributed by atoms with Gasteiger partial charge in [-0.3, -0.25) is 4.98 Å². The van der Waals surface area contributed by atoms with E-state index in [2.05, 4.69) is 23.2 Å². The van der Waals surface area contributed by atoms with E-state index in [-0.39, 0.29) is 0 Å². The summed E-state index contributed by atoms with van der Waals surface area (Å²) in [6.07, 6.45) is 2.05. The standard InChI is InChI=1S/C16H19Cl2N3/c1-2-3-12-10-15(21-6-4-19-5-7-21)16-13(18)8-11(17)9-14(16)20-12/h8-10,19H,2-7H2,1H3. The summed E-state index contributed by atoms with van der Waals surface area (Å²) in [5, 5.41) is 5.72. The minimum absolute atomic E-state index is 0.639. The summed E-state index contributed by atoms with van der Waals surface area (Å²) in [5.74, 6) is 0. The van der Waals surface area contributed by atoms with E-state index in [4.69, 9.17) is 28.2 Å². The summed E-state index contributed by atoms with van der Waals surface area (Å²) in [6, 6.07) is 5.91. The molecule has 1 saturated heterocycles. The Labute approximate surface area is 135 Å². The van der Waals surface area contributed by atoms with Gasteiger partial charge in [-0.15, -0.1) is 0 Å². The van der Waals surface area contributed by atoms with Crippen LogP contribution in [-0.2, 0) is 6.42 Å². The largest absolute Gasteiger partial charge is 0.368 e. The number of nitrogens with zero attached hydrogens (tertiary/aromatic N) is 2. The van der Waals surface area contributed by atoms with Gasteiger partial charge >= 0.3 is 0 Å². The highest BCUT2D eigenvalue weighted by Crippen LogP contribution is 2.35. The smallest absolute Gasteiger partial charge is 0.0756 e. The zero-order valence-corrected chi connectivity index (χ0v) is 13.6. The van der Waals surface area contributed by atoms with E-state index in [0.29, 0.717) is 10.0 Å². The molecule has 0 saturated carbocycles. The molecule has 0 aliphatic carbocycles. The van der Waals surface area contributed by atoms with Crippen LogP contribution in [0.4, 0.5) is 5.69 Å². The number of benzene rings is 1. The SMILES string of the molecule is CCCc1cc(N2CCNCC2)c2c(Cl)cc(Cl)cc2n1. The molecule has 1 fully saturated rings. The van der Waals surface area contributed by atoms with Crippen LogP contribution < -0.4 is 10.2 Å². The maximum atomic E-state index is 6.45. The molecule has 0 unspecified atom stereocenters. The first-order valence-corrected chi connectivity index (χ1v) is 8.19.